The molecule has 2 N–H and O–H groups in total. The standard InChI is InChI=1S/C22H28F3N3O3/c1-14(28-31-10-9-22(23,24)25)15-3-4-16-12-20(7-5-17(29-2)6-8-20)21(18(16)11-15)13-30-19(26)27-21/h3-4,11,17H,5-10,12-13H2,1-2H3,(H2,26,27)/b28-14+/i13D2. The van der Waals surface area contributed by atoms with Crippen LogP contribution in [-0.2, 0) is 26.3 Å². The van der Waals surface area contributed by atoms with E-state index in [1.54, 1.807) is 20.1 Å². The zero-order chi connectivity index (χ0) is 24.1. The third-order valence-corrected chi connectivity index (χ3v) is 6.70. The highest BCUT2D eigenvalue weighted by molar-refractivity contribution is 5.98. The summed E-state index contributed by atoms with van der Waals surface area (Å²) in [4.78, 5) is 9.47. The maximum Gasteiger partial charge on any atom is 0.392 e. The minimum absolute atomic E-state index is 0.115. The topological polar surface area (TPSA) is 78.4 Å². The highest BCUT2D eigenvalue weighted by atomic mass is 19.4. The number of halogens is 3. The normalized spacial score (nSPS) is 33.0. The van der Waals surface area contributed by atoms with Crippen molar-refractivity contribution < 1.29 is 30.2 Å². The fourth-order valence-electron chi connectivity index (χ4n) is 5.02. The molecule has 1 unspecified atom stereocenters. The number of aliphatic imine (C=N–C) groups is 1. The summed E-state index contributed by atoms with van der Waals surface area (Å²) in [5, 5.41) is 3.83. The second-order valence-electron chi connectivity index (χ2n) is 8.50. The molecule has 0 radical (unpaired) electrons. The van der Waals surface area contributed by atoms with Gasteiger partial charge in [0.1, 0.15) is 18.7 Å². The Morgan fingerprint density at radius 2 is 2.13 bits per heavy atom. The van der Waals surface area contributed by atoms with Gasteiger partial charge in [0.2, 0.25) is 0 Å². The number of oxime groups is 1. The smallest absolute Gasteiger partial charge is 0.392 e. The number of nitrogens with zero attached hydrogens (tertiary/aromatic N) is 2. The largest absolute Gasteiger partial charge is 0.462 e. The molecule has 1 aromatic rings. The Morgan fingerprint density at radius 3 is 2.74 bits per heavy atom. The summed E-state index contributed by atoms with van der Waals surface area (Å²) in [7, 11) is 1.68. The van der Waals surface area contributed by atoms with Crippen LogP contribution in [-0.4, -0.2) is 44.3 Å². The summed E-state index contributed by atoms with van der Waals surface area (Å²) in [5.74, 6) is 0. The maximum absolute atomic E-state index is 12.3. The monoisotopic (exact) mass is 441 g/mol. The van der Waals surface area contributed by atoms with E-state index in [1.165, 1.54) is 0 Å². The number of benzene rings is 1. The van der Waals surface area contributed by atoms with Gasteiger partial charge in [-0.15, -0.1) is 0 Å². The molecule has 1 atom stereocenters. The second kappa shape index (κ2) is 8.00. The van der Waals surface area contributed by atoms with Gasteiger partial charge in [0.05, 0.1) is 21.0 Å². The summed E-state index contributed by atoms with van der Waals surface area (Å²) in [6.07, 6.45) is -1.72. The van der Waals surface area contributed by atoms with Crippen LogP contribution < -0.4 is 5.73 Å². The number of amidine groups is 1. The predicted molar refractivity (Wildman–Crippen MR) is 110 cm³/mol. The molecule has 9 heteroatoms. The van der Waals surface area contributed by atoms with Crippen molar-refractivity contribution in [2.45, 2.75) is 63.3 Å². The summed E-state index contributed by atoms with van der Waals surface area (Å²) in [6.45, 7) is -1.10. The van der Waals surface area contributed by atoms with Gasteiger partial charge in [0.15, 0.2) is 0 Å². The van der Waals surface area contributed by atoms with Crippen molar-refractivity contribution in [3.05, 3.63) is 34.9 Å². The van der Waals surface area contributed by atoms with Crippen LogP contribution in [0.2, 0.25) is 0 Å². The van der Waals surface area contributed by atoms with Crippen LogP contribution in [0.4, 0.5) is 13.2 Å². The molecule has 1 aliphatic heterocycles. The minimum Gasteiger partial charge on any atom is -0.462 e. The van der Waals surface area contributed by atoms with E-state index >= 15 is 0 Å². The van der Waals surface area contributed by atoms with E-state index in [-0.39, 0.29) is 12.1 Å². The summed E-state index contributed by atoms with van der Waals surface area (Å²) in [5.41, 5.74) is 6.67. The van der Waals surface area contributed by atoms with Crippen LogP contribution in [0.3, 0.4) is 0 Å². The van der Waals surface area contributed by atoms with E-state index in [0.29, 0.717) is 36.1 Å². The number of hydrogen-bond acceptors (Lipinski definition) is 6. The van der Waals surface area contributed by atoms with Crippen LogP contribution in [0.1, 0.15) is 58.5 Å². The molecule has 6 nitrogen and oxygen atoms in total. The van der Waals surface area contributed by atoms with Gasteiger partial charge < -0.3 is 20.0 Å². The summed E-state index contributed by atoms with van der Waals surface area (Å²) in [6, 6.07) is 5.32. The molecule has 1 aromatic carbocycles. The number of alkyl halides is 3. The molecule has 31 heavy (non-hydrogen) atoms. The fourth-order valence-corrected chi connectivity index (χ4v) is 5.02. The Bertz CT molecular complexity index is 975. The third kappa shape index (κ3) is 4.00. The lowest BCUT2D eigenvalue weighted by atomic mass is 9.62. The van der Waals surface area contributed by atoms with E-state index in [9.17, 15) is 13.2 Å². The molecule has 0 aromatic heterocycles. The van der Waals surface area contributed by atoms with Crippen LogP contribution in [0.15, 0.2) is 28.3 Å². The molecule has 0 saturated heterocycles. The van der Waals surface area contributed by atoms with Crippen LogP contribution in [0.25, 0.3) is 0 Å². The SMILES string of the molecule is [2H]C1([2H])OC(N)=NC12c1cc(/C(C)=N/OCCC(F)(F)F)ccc1CC21CCC(OC)CC1. The molecule has 170 valence electrons. The zero-order valence-corrected chi connectivity index (χ0v) is 17.6. The fraction of sp³-hybridized carbons (Fsp3) is 0.636. The van der Waals surface area contributed by atoms with Crippen molar-refractivity contribution in [2.24, 2.45) is 21.3 Å². The van der Waals surface area contributed by atoms with Crippen LogP contribution >= 0.6 is 0 Å². The Balaban J connectivity index is 1.70. The maximum atomic E-state index is 12.3. The van der Waals surface area contributed by atoms with E-state index in [4.69, 9.17) is 22.8 Å². The Morgan fingerprint density at radius 1 is 1.39 bits per heavy atom. The first-order chi connectivity index (χ1) is 15.4. The second-order valence-corrected chi connectivity index (χ2v) is 8.50. The molecule has 1 fully saturated rings. The molecular weight excluding hydrogens is 411 g/mol. The van der Waals surface area contributed by atoms with E-state index < -0.39 is 36.7 Å². The van der Waals surface area contributed by atoms with Gasteiger partial charge in [-0.3, -0.25) is 0 Å². The first-order valence-corrected chi connectivity index (χ1v) is 10.4. The number of rotatable bonds is 5. The average molecular weight is 441 g/mol. The average Bonchev–Trinajstić information content (AvgIpc) is 3.15. The van der Waals surface area contributed by atoms with Gasteiger partial charge >= 0.3 is 6.18 Å². The number of nitrogens with two attached hydrogens (primary N) is 1. The molecule has 0 bridgehead atoms. The zero-order valence-electron chi connectivity index (χ0n) is 19.6. The van der Waals surface area contributed by atoms with E-state index in [1.807, 2.05) is 12.1 Å². The van der Waals surface area contributed by atoms with Crippen LogP contribution in [0, 0.1) is 5.41 Å². The molecule has 1 heterocycles. The van der Waals surface area contributed by atoms with Crippen molar-refractivity contribution in [1.29, 1.82) is 0 Å². The third-order valence-electron chi connectivity index (χ3n) is 6.70. The summed E-state index contributed by atoms with van der Waals surface area (Å²) < 4.78 is 65.5. The predicted octanol–water partition coefficient (Wildman–Crippen LogP) is 4.05. The summed E-state index contributed by atoms with van der Waals surface area (Å²) >= 11 is 0. The molecule has 4 rings (SSSR count). The minimum atomic E-state index is -4.31. The van der Waals surface area contributed by atoms with Gasteiger partial charge in [0, 0.05) is 12.5 Å². The van der Waals surface area contributed by atoms with Crippen molar-refractivity contribution in [3.63, 3.8) is 0 Å². The number of ether oxygens (including phenoxy) is 2. The van der Waals surface area contributed by atoms with Crippen molar-refractivity contribution in [3.8, 4) is 0 Å². The van der Waals surface area contributed by atoms with Gasteiger partial charge in [-0.1, -0.05) is 17.3 Å². The highest BCUT2D eigenvalue weighted by Crippen LogP contribution is 2.61. The Labute approximate surface area is 182 Å². The van der Waals surface area contributed by atoms with E-state index in [2.05, 4.69) is 10.1 Å². The quantitative estimate of drug-likeness (QED) is 0.425. The van der Waals surface area contributed by atoms with Crippen molar-refractivity contribution in [1.82, 2.24) is 0 Å². The molecule has 3 aliphatic rings. The highest BCUT2D eigenvalue weighted by Gasteiger charge is 2.61. The molecule has 0 amide bonds. The molecule has 1 saturated carbocycles. The van der Waals surface area contributed by atoms with Gasteiger partial charge in [-0.2, -0.15) is 13.2 Å². The van der Waals surface area contributed by atoms with Crippen molar-refractivity contribution >= 4 is 11.7 Å². The molecule has 2 aliphatic carbocycles. The lowest BCUT2D eigenvalue weighted by Gasteiger charge is -2.45. The number of hydrogen-bond donors (Lipinski definition) is 1. The lowest BCUT2D eigenvalue weighted by Crippen LogP contribution is -2.46. The van der Waals surface area contributed by atoms with Crippen molar-refractivity contribution in [2.75, 3.05) is 20.3 Å². The van der Waals surface area contributed by atoms with Crippen LogP contribution in [0.5, 0.6) is 0 Å². The Hall–Kier alpha value is -2.29. The Kier molecular flexibility index (Phi) is 5.01. The molecular formula is C22H28F3N3O3. The molecule has 2 spiro atoms. The first-order valence-electron chi connectivity index (χ1n) is 11.4. The van der Waals surface area contributed by atoms with Gasteiger partial charge in [-0.25, -0.2) is 4.99 Å². The first kappa shape index (κ1) is 19.4. The van der Waals surface area contributed by atoms with Gasteiger partial charge in [-0.05, 0) is 61.8 Å². The van der Waals surface area contributed by atoms with Gasteiger partial charge in [0.25, 0.3) is 6.02 Å². The van der Waals surface area contributed by atoms with E-state index in [0.717, 1.165) is 18.4 Å². The number of methoxy groups -OCH3 is 1. The lowest BCUT2D eigenvalue weighted by molar-refractivity contribution is -0.145. The number of fused-ring (bicyclic) bond motifs is 3.